The van der Waals surface area contributed by atoms with Crippen molar-refractivity contribution in [3.05, 3.63) is 82.4 Å². The van der Waals surface area contributed by atoms with Crippen LogP contribution in [0.3, 0.4) is 0 Å². The van der Waals surface area contributed by atoms with E-state index in [1.807, 2.05) is 17.9 Å². The zero-order valence-electron chi connectivity index (χ0n) is 22.7. The van der Waals surface area contributed by atoms with Crippen LogP contribution in [0.2, 0.25) is 0 Å². The van der Waals surface area contributed by atoms with Gasteiger partial charge in [0.1, 0.15) is 18.3 Å². The predicted molar refractivity (Wildman–Crippen MR) is 150 cm³/mol. The van der Waals surface area contributed by atoms with Crippen LogP contribution in [0.25, 0.3) is 0 Å². The molecule has 0 aromatic heterocycles. The summed E-state index contributed by atoms with van der Waals surface area (Å²) in [4.78, 5) is 27.2. The first kappa shape index (κ1) is 28.0. The molecule has 0 spiro atoms. The Kier molecular flexibility index (Phi) is 7.87. The van der Waals surface area contributed by atoms with Crippen molar-refractivity contribution in [2.24, 2.45) is 5.73 Å². The second-order valence-electron chi connectivity index (χ2n) is 9.62. The van der Waals surface area contributed by atoms with Gasteiger partial charge < -0.3 is 20.1 Å². The number of carbonyl (C=O) groups excluding carboxylic acids is 2. The summed E-state index contributed by atoms with van der Waals surface area (Å²) in [7, 11) is -1.40. The zero-order chi connectivity index (χ0) is 28.5. The number of methoxy groups -OCH3 is 2. The van der Waals surface area contributed by atoms with Gasteiger partial charge >= 0.3 is 5.97 Å². The molecule has 0 saturated carbocycles. The van der Waals surface area contributed by atoms with Crippen LogP contribution in [0.4, 0.5) is 11.4 Å². The number of nitrogens with zero attached hydrogens (tertiary/aromatic N) is 2. The molecule has 3 aromatic carbocycles. The van der Waals surface area contributed by atoms with Crippen LogP contribution in [0, 0.1) is 20.8 Å². The van der Waals surface area contributed by atoms with Crippen molar-refractivity contribution in [1.29, 1.82) is 0 Å². The van der Waals surface area contributed by atoms with E-state index in [2.05, 4.69) is 0 Å². The fourth-order valence-electron chi connectivity index (χ4n) is 5.42. The first-order valence-corrected chi connectivity index (χ1v) is 13.9. The molecule has 0 radical (unpaired) electrons. The molecular formula is C29H33N3O6S. The molecule has 0 bridgehead atoms. The van der Waals surface area contributed by atoms with Crippen molar-refractivity contribution in [3.63, 3.8) is 0 Å². The molecule has 1 aliphatic heterocycles. The fraction of sp³-hybridized carbons (Fsp3) is 0.310. The van der Waals surface area contributed by atoms with Crippen LogP contribution in [0.1, 0.15) is 33.9 Å². The maximum Gasteiger partial charge on any atom is 0.326 e. The molecule has 1 aliphatic rings. The summed E-state index contributed by atoms with van der Waals surface area (Å²) in [6.45, 7) is 5.31. The second kappa shape index (κ2) is 11.0. The quantitative estimate of drug-likeness (QED) is 0.404. The lowest BCUT2D eigenvalue weighted by Gasteiger charge is -2.30. The molecule has 2 N–H and O–H groups in total. The maximum atomic E-state index is 14.2. The van der Waals surface area contributed by atoms with E-state index < -0.39 is 34.5 Å². The number of fused-ring (bicyclic) bond motifs is 1. The molecular weight excluding hydrogens is 518 g/mol. The zero-order valence-corrected chi connectivity index (χ0v) is 23.5. The Labute approximate surface area is 229 Å². The fourth-order valence-corrected chi connectivity index (χ4v) is 7.27. The molecule has 0 saturated heterocycles. The molecule has 206 valence electrons. The maximum absolute atomic E-state index is 14.2. The van der Waals surface area contributed by atoms with Gasteiger partial charge in [0.15, 0.2) is 0 Å². The van der Waals surface area contributed by atoms with Gasteiger partial charge in [-0.15, -0.1) is 0 Å². The van der Waals surface area contributed by atoms with Gasteiger partial charge in [0, 0.05) is 17.8 Å². The van der Waals surface area contributed by atoms with Crippen molar-refractivity contribution in [2.75, 3.05) is 36.5 Å². The van der Waals surface area contributed by atoms with Crippen LogP contribution in [-0.4, -0.2) is 47.6 Å². The smallest absolute Gasteiger partial charge is 0.326 e. The minimum atomic E-state index is -4.17. The highest BCUT2D eigenvalue weighted by molar-refractivity contribution is 7.93. The number of carbonyl (C=O) groups is 2. The minimum Gasteiger partial charge on any atom is -0.497 e. The standard InChI is InChI=1S/C29H33N3O6S/c1-18-14-19(2)28(20(3)15-18)39(35,36)32(17-26(33)38-5)25-11-7-10-24-23(25)12-13-31(24)27(29(30)34)21-8-6-9-22(16-21)37-4/h6-11,14-16,27H,12-13,17H2,1-5H3,(H2,30,34). The molecule has 1 heterocycles. The van der Waals surface area contributed by atoms with Crippen molar-refractivity contribution in [3.8, 4) is 5.75 Å². The van der Waals surface area contributed by atoms with Crippen molar-refractivity contribution >= 4 is 33.3 Å². The average Bonchev–Trinajstić information content (AvgIpc) is 3.30. The molecule has 1 amide bonds. The molecule has 39 heavy (non-hydrogen) atoms. The third-order valence-corrected chi connectivity index (χ3v) is 9.02. The van der Waals surface area contributed by atoms with Crippen LogP contribution >= 0.6 is 0 Å². The van der Waals surface area contributed by atoms with E-state index in [-0.39, 0.29) is 4.90 Å². The largest absolute Gasteiger partial charge is 0.497 e. The molecule has 4 rings (SSSR count). The van der Waals surface area contributed by atoms with Crippen LogP contribution in [0.15, 0.2) is 59.5 Å². The number of primary amides is 1. The molecule has 0 aliphatic carbocycles. The lowest BCUT2D eigenvalue weighted by molar-refractivity contribution is -0.138. The number of rotatable bonds is 9. The van der Waals surface area contributed by atoms with Gasteiger partial charge in [-0.05, 0) is 68.1 Å². The Balaban J connectivity index is 1.86. The SMILES string of the molecule is COC(=O)CN(c1cccc2c1CCN2C(C(N)=O)c1cccc(OC)c1)S(=O)(=O)c1c(C)cc(C)cc1C. The number of nitrogens with two attached hydrogens (primary N) is 1. The van der Waals surface area contributed by atoms with E-state index in [9.17, 15) is 18.0 Å². The van der Waals surface area contributed by atoms with Gasteiger partial charge in [0.25, 0.3) is 10.0 Å². The van der Waals surface area contributed by atoms with Gasteiger partial charge in [-0.1, -0.05) is 35.9 Å². The van der Waals surface area contributed by atoms with Crippen LogP contribution < -0.4 is 19.7 Å². The van der Waals surface area contributed by atoms with Crippen molar-refractivity contribution in [2.45, 2.75) is 38.1 Å². The number of esters is 1. The summed E-state index contributed by atoms with van der Waals surface area (Å²) in [5.74, 6) is -0.655. The van der Waals surface area contributed by atoms with E-state index >= 15 is 0 Å². The summed E-state index contributed by atoms with van der Waals surface area (Å²) in [5, 5.41) is 0. The number of aryl methyl sites for hydroxylation is 3. The minimum absolute atomic E-state index is 0.149. The lowest BCUT2D eigenvalue weighted by Crippen LogP contribution is -2.38. The molecule has 1 atom stereocenters. The normalized spacial score (nSPS) is 13.5. The average molecular weight is 552 g/mol. The van der Waals surface area contributed by atoms with Crippen LogP contribution in [-0.2, 0) is 30.8 Å². The Morgan fingerprint density at radius 3 is 2.31 bits per heavy atom. The molecule has 9 nitrogen and oxygen atoms in total. The third-order valence-electron chi connectivity index (χ3n) is 6.95. The first-order valence-electron chi connectivity index (χ1n) is 12.5. The van der Waals surface area contributed by atoms with Gasteiger partial charge in [0.2, 0.25) is 5.91 Å². The topological polar surface area (TPSA) is 119 Å². The van der Waals surface area contributed by atoms with E-state index in [1.54, 1.807) is 69.5 Å². The number of anilines is 2. The van der Waals surface area contributed by atoms with Crippen molar-refractivity contribution < 1.29 is 27.5 Å². The number of sulfonamides is 1. The highest BCUT2D eigenvalue weighted by Gasteiger charge is 2.37. The Bertz CT molecular complexity index is 1510. The number of benzene rings is 3. The number of ether oxygens (including phenoxy) is 2. The first-order chi connectivity index (χ1) is 18.5. The summed E-state index contributed by atoms with van der Waals surface area (Å²) < 4.78 is 39.7. The van der Waals surface area contributed by atoms with Crippen molar-refractivity contribution in [1.82, 2.24) is 0 Å². The summed E-state index contributed by atoms with van der Waals surface area (Å²) >= 11 is 0. The summed E-state index contributed by atoms with van der Waals surface area (Å²) in [6, 6.07) is 15.1. The predicted octanol–water partition coefficient (Wildman–Crippen LogP) is 3.58. The van der Waals surface area contributed by atoms with E-state index in [1.165, 1.54) is 7.11 Å². The summed E-state index contributed by atoms with van der Waals surface area (Å²) in [6.07, 6.45) is 0.443. The van der Waals surface area contributed by atoms with Crippen LogP contribution in [0.5, 0.6) is 5.75 Å². The third kappa shape index (κ3) is 5.29. The number of hydrogen-bond donors (Lipinski definition) is 1. The number of amides is 1. The highest BCUT2D eigenvalue weighted by atomic mass is 32.2. The van der Waals surface area contributed by atoms with Gasteiger partial charge in [-0.2, -0.15) is 0 Å². The molecule has 0 fully saturated rings. The van der Waals surface area contributed by atoms with Gasteiger partial charge in [-0.3, -0.25) is 13.9 Å². The summed E-state index contributed by atoms with van der Waals surface area (Å²) in [5.41, 5.74) is 10.4. The monoisotopic (exact) mass is 551 g/mol. The lowest BCUT2D eigenvalue weighted by atomic mass is 10.0. The van der Waals surface area contributed by atoms with E-state index in [0.717, 1.165) is 9.87 Å². The highest BCUT2D eigenvalue weighted by Crippen LogP contribution is 2.42. The molecule has 10 heteroatoms. The van der Waals surface area contributed by atoms with Gasteiger partial charge in [-0.25, -0.2) is 8.42 Å². The number of hydrogen-bond acceptors (Lipinski definition) is 7. The second-order valence-corrected chi connectivity index (χ2v) is 11.4. The van der Waals surface area contributed by atoms with E-state index in [0.29, 0.717) is 52.3 Å². The van der Waals surface area contributed by atoms with E-state index in [4.69, 9.17) is 15.2 Å². The Morgan fingerprint density at radius 1 is 1.03 bits per heavy atom. The molecule has 3 aromatic rings. The molecule has 1 unspecified atom stereocenters. The van der Waals surface area contributed by atoms with Gasteiger partial charge in [0.05, 0.1) is 24.8 Å². The Hall–Kier alpha value is -4.05. The Morgan fingerprint density at radius 2 is 1.69 bits per heavy atom.